The summed E-state index contributed by atoms with van der Waals surface area (Å²) in [6, 6.07) is 15.1. The Bertz CT molecular complexity index is 1620. The number of nitrogens with zero attached hydrogens (tertiary/aromatic N) is 5. The molecule has 6 rings (SSSR count). The van der Waals surface area contributed by atoms with E-state index in [1.807, 2.05) is 16.8 Å². The van der Waals surface area contributed by atoms with E-state index in [0.717, 1.165) is 30.3 Å². The van der Waals surface area contributed by atoms with Crippen molar-refractivity contribution in [3.05, 3.63) is 72.8 Å². The van der Waals surface area contributed by atoms with Crippen molar-refractivity contribution >= 4 is 32.6 Å². The van der Waals surface area contributed by atoms with Gasteiger partial charge in [0.1, 0.15) is 11.6 Å². The van der Waals surface area contributed by atoms with Crippen molar-refractivity contribution in [2.24, 2.45) is 0 Å². The van der Waals surface area contributed by atoms with Crippen LogP contribution < -0.4 is 5.32 Å². The van der Waals surface area contributed by atoms with Gasteiger partial charge < -0.3 is 15.0 Å². The molecule has 0 spiro atoms. The lowest BCUT2D eigenvalue weighted by molar-refractivity contribution is -0.0342. The van der Waals surface area contributed by atoms with Crippen molar-refractivity contribution in [2.45, 2.75) is 49.1 Å². The van der Waals surface area contributed by atoms with Crippen LogP contribution >= 0.6 is 0 Å². The molecule has 0 amide bonds. The number of rotatable bonds is 7. The topological polar surface area (TPSA) is 104 Å². The van der Waals surface area contributed by atoms with Crippen LogP contribution in [0.15, 0.2) is 71.9 Å². The molecule has 0 bridgehead atoms. The number of sulfonamides is 1. The van der Waals surface area contributed by atoms with Crippen LogP contribution in [0.4, 0.5) is 16.0 Å². The van der Waals surface area contributed by atoms with Gasteiger partial charge in [0, 0.05) is 49.1 Å². The number of fused-ring (bicyclic) bond motifs is 1. The van der Waals surface area contributed by atoms with E-state index in [2.05, 4.69) is 27.1 Å². The molecule has 2 fully saturated rings. The van der Waals surface area contributed by atoms with E-state index in [9.17, 15) is 17.9 Å². The molecule has 4 aromatic rings. The number of likely N-dealkylation sites (tertiary alicyclic amines) is 1. The Balaban J connectivity index is 1.12. The fraction of sp³-hybridized carbons (Fsp3) is 0.379. The van der Waals surface area contributed by atoms with Gasteiger partial charge in [-0.1, -0.05) is 0 Å². The summed E-state index contributed by atoms with van der Waals surface area (Å²) in [6.07, 6.45) is 6.59. The second-order valence-corrected chi connectivity index (χ2v) is 12.8. The van der Waals surface area contributed by atoms with Gasteiger partial charge in [-0.3, -0.25) is 4.90 Å². The molecule has 4 heterocycles. The molecule has 210 valence electrons. The number of hydrogen-bond acceptors (Lipinski definition) is 7. The first-order valence-corrected chi connectivity index (χ1v) is 15.1. The maximum atomic E-state index is 13.6. The number of aromatic nitrogens is 3. The number of benzene rings is 2. The minimum absolute atomic E-state index is 0.206. The van der Waals surface area contributed by atoms with Gasteiger partial charge in [0.05, 0.1) is 16.0 Å². The number of halogens is 1. The van der Waals surface area contributed by atoms with Crippen LogP contribution in [0, 0.1) is 5.82 Å². The maximum Gasteiger partial charge on any atom is 0.243 e. The second-order valence-electron chi connectivity index (χ2n) is 10.9. The summed E-state index contributed by atoms with van der Waals surface area (Å²) >= 11 is 0. The first kappa shape index (κ1) is 26.8. The van der Waals surface area contributed by atoms with Gasteiger partial charge in [0.15, 0.2) is 0 Å². The van der Waals surface area contributed by atoms with Crippen molar-refractivity contribution < 1.29 is 17.9 Å². The zero-order valence-electron chi connectivity index (χ0n) is 22.4. The van der Waals surface area contributed by atoms with Crippen LogP contribution in [-0.4, -0.2) is 75.1 Å². The molecule has 2 aromatic heterocycles. The predicted octanol–water partition coefficient (Wildman–Crippen LogP) is 4.30. The third kappa shape index (κ3) is 5.34. The zero-order chi connectivity index (χ0) is 27.9. The molecule has 11 heteroatoms. The van der Waals surface area contributed by atoms with E-state index in [4.69, 9.17) is 0 Å². The Morgan fingerprint density at radius 2 is 1.85 bits per heavy atom. The number of anilines is 2. The van der Waals surface area contributed by atoms with E-state index in [0.29, 0.717) is 56.0 Å². The molecule has 2 aromatic carbocycles. The standard InChI is InChI=1S/C29H33FN6O3S/c1-21-3-2-15-34(21)20-29(37)12-17-35(18-13-29)40(38,39)25-7-5-24(6-8-25)32-28-31-14-10-27(33-28)36-16-11-22-19-23(30)4-9-26(22)36/h4-11,14,16,19,21,37H,2-3,12-13,15,17-18,20H2,1H3,(H,31,32,33). The maximum absolute atomic E-state index is 13.6. The Morgan fingerprint density at radius 3 is 2.58 bits per heavy atom. The van der Waals surface area contributed by atoms with Crippen molar-refractivity contribution in [3.8, 4) is 5.82 Å². The smallest absolute Gasteiger partial charge is 0.243 e. The number of aliphatic hydroxyl groups is 1. The minimum Gasteiger partial charge on any atom is -0.388 e. The first-order chi connectivity index (χ1) is 19.2. The van der Waals surface area contributed by atoms with E-state index < -0.39 is 15.6 Å². The summed E-state index contributed by atoms with van der Waals surface area (Å²) < 4.78 is 43.6. The normalized spacial score (nSPS) is 20.2. The molecule has 40 heavy (non-hydrogen) atoms. The van der Waals surface area contributed by atoms with Crippen molar-refractivity contribution in [2.75, 3.05) is 31.5 Å². The van der Waals surface area contributed by atoms with E-state index >= 15 is 0 Å². The van der Waals surface area contributed by atoms with Crippen LogP contribution in [0.5, 0.6) is 0 Å². The highest BCUT2D eigenvalue weighted by Crippen LogP contribution is 2.30. The lowest BCUT2D eigenvalue weighted by atomic mass is 9.91. The largest absolute Gasteiger partial charge is 0.388 e. The van der Waals surface area contributed by atoms with E-state index in [-0.39, 0.29) is 10.7 Å². The SMILES string of the molecule is CC1CCCN1CC1(O)CCN(S(=O)(=O)c2ccc(Nc3nccc(-n4ccc5cc(F)ccc54)n3)cc2)CC1. The van der Waals surface area contributed by atoms with Gasteiger partial charge in [-0.15, -0.1) is 0 Å². The quantitative estimate of drug-likeness (QED) is 0.345. The van der Waals surface area contributed by atoms with E-state index in [1.54, 1.807) is 42.6 Å². The highest BCUT2D eigenvalue weighted by molar-refractivity contribution is 7.89. The third-order valence-corrected chi connectivity index (χ3v) is 10.0. The second kappa shape index (κ2) is 10.5. The van der Waals surface area contributed by atoms with Gasteiger partial charge in [-0.05, 0) is 93.7 Å². The molecule has 0 saturated carbocycles. The Hall–Kier alpha value is -3.38. The molecular weight excluding hydrogens is 531 g/mol. The van der Waals surface area contributed by atoms with Crippen molar-refractivity contribution in [3.63, 3.8) is 0 Å². The van der Waals surface area contributed by atoms with Crippen LogP contribution in [0.25, 0.3) is 16.7 Å². The Morgan fingerprint density at radius 1 is 1.07 bits per heavy atom. The molecule has 0 aliphatic carbocycles. The fourth-order valence-corrected chi connectivity index (χ4v) is 7.19. The summed E-state index contributed by atoms with van der Waals surface area (Å²) in [7, 11) is -3.68. The van der Waals surface area contributed by atoms with Gasteiger partial charge in [0.25, 0.3) is 0 Å². The number of nitrogens with one attached hydrogen (secondary N) is 1. The number of β-amino-alcohol motifs (C(OH)–C–C–N with tert-alkyl or cyclic N) is 1. The van der Waals surface area contributed by atoms with Crippen LogP contribution in [-0.2, 0) is 10.0 Å². The summed E-state index contributed by atoms with van der Waals surface area (Å²) in [6.45, 7) is 4.37. The zero-order valence-corrected chi connectivity index (χ0v) is 23.2. The van der Waals surface area contributed by atoms with Gasteiger partial charge >= 0.3 is 0 Å². The monoisotopic (exact) mass is 564 g/mol. The number of hydrogen-bond donors (Lipinski definition) is 2. The van der Waals surface area contributed by atoms with Crippen molar-refractivity contribution in [1.82, 2.24) is 23.7 Å². The highest BCUT2D eigenvalue weighted by Gasteiger charge is 2.39. The molecule has 9 nitrogen and oxygen atoms in total. The molecule has 1 atom stereocenters. The molecule has 2 saturated heterocycles. The Labute approximate surface area is 233 Å². The highest BCUT2D eigenvalue weighted by atomic mass is 32.2. The average Bonchev–Trinajstić information content (AvgIpc) is 3.54. The van der Waals surface area contributed by atoms with Crippen molar-refractivity contribution in [1.29, 1.82) is 0 Å². The Kier molecular flexibility index (Phi) is 7.07. The predicted molar refractivity (Wildman–Crippen MR) is 152 cm³/mol. The van der Waals surface area contributed by atoms with Gasteiger partial charge in [0.2, 0.25) is 16.0 Å². The molecule has 2 aliphatic heterocycles. The first-order valence-electron chi connectivity index (χ1n) is 13.6. The van der Waals surface area contributed by atoms with Crippen LogP contribution in [0.2, 0.25) is 0 Å². The summed E-state index contributed by atoms with van der Waals surface area (Å²) in [5.41, 5.74) is 0.612. The van der Waals surface area contributed by atoms with Crippen LogP contribution in [0.3, 0.4) is 0 Å². The van der Waals surface area contributed by atoms with Gasteiger partial charge in [-0.2, -0.15) is 9.29 Å². The average molecular weight is 565 g/mol. The molecule has 2 aliphatic rings. The number of piperidine rings is 1. The lowest BCUT2D eigenvalue weighted by Crippen LogP contribution is -2.52. The minimum atomic E-state index is -3.68. The van der Waals surface area contributed by atoms with Crippen LogP contribution in [0.1, 0.15) is 32.6 Å². The summed E-state index contributed by atoms with van der Waals surface area (Å²) in [5.74, 6) is 0.664. The fourth-order valence-electron chi connectivity index (χ4n) is 5.75. The molecule has 1 unspecified atom stereocenters. The summed E-state index contributed by atoms with van der Waals surface area (Å²) in [5, 5.41) is 15.0. The third-order valence-electron chi connectivity index (χ3n) is 8.13. The molecule has 2 N–H and O–H groups in total. The van der Waals surface area contributed by atoms with E-state index in [1.165, 1.54) is 16.4 Å². The molecule has 0 radical (unpaired) electrons. The molecular formula is C29H33FN6O3S. The summed E-state index contributed by atoms with van der Waals surface area (Å²) in [4.78, 5) is 11.4. The van der Waals surface area contributed by atoms with Gasteiger partial charge in [-0.25, -0.2) is 17.8 Å². The lowest BCUT2D eigenvalue weighted by Gasteiger charge is -2.40.